The van der Waals surface area contributed by atoms with Crippen LogP contribution in [-0.4, -0.2) is 36.3 Å². The van der Waals surface area contributed by atoms with Gasteiger partial charge in [-0.3, -0.25) is 0 Å². The zero-order chi connectivity index (χ0) is 17.0. The van der Waals surface area contributed by atoms with E-state index in [0.29, 0.717) is 5.11 Å². The fraction of sp³-hybridized carbons (Fsp3) is 0.333. The molecule has 0 amide bonds. The van der Waals surface area contributed by atoms with Crippen molar-refractivity contribution in [3.8, 4) is 0 Å². The molecule has 8 heteroatoms. The zero-order valence-electron chi connectivity index (χ0n) is 13.5. The first-order valence-electron chi connectivity index (χ1n) is 7.00. The van der Waals surface area contributed by atoms with Crippen LogP contribution in [0.2, 0.25) is 6.04 Å². The van der Waals surface area contributed by atoms with Gasteiger partial charge in [0.1, 0.15) is 22.0 Å². The first-order valence-corrected chi connectivity index (χ1v) is 12.5. The van der Waals surface area contributed by atoms with Gasteiger partial charge < -0.3 is 10.6 Å². The Balaban J connectivity index is 0.000000763. The van der Waals surface area contributed by atoms with E-state index in [1.54, 1.807) is 6.66 Å². The van der Waals surface area contributed by atoms with E-state index in [0.717, 1.165) is 17.9 Å². The summed E-state index contributed by atoms with van der Waals surface area (Å²) in [6.45, 7) is 2.55. The second kappa shape index (κ2) is 14.0. The molecule has 2 N–H and O–H groups in total. The van der Waals surface area contributed by atoms with E-state index in [4.69, 9.17) is 14.8 Å². The van der Waals surface area contributed by atoms with Gasteiger partial charge in [-0.2, -0.15) is 4.99 Å². The molecule has 0 radical (unpaired) electrons. The Labute approximate surface area is 152 Å². The first-order chi connectivity index (χ1) is 10.3. The molecule has 0 bridgehead atoms. The van der Waals surface area contributed by atoms with Crippen LogP contribution in [0.4, 0.5) is 11.4 Å². The van der Waals surface area contributed by atoms with Crippen molar-refractivity contribution in [1.82, 2.24) is 5.32 Å². The maximum Gasteiger partial charge on any atom is 0.276 e. The Morgan fingerprint density at radius 3 is 2.75 bits per heavy atom. The third kappa shape index (κ3) is 10.8. The summed E-state index contributed by atoms with van der Waals surface area (Å²) in [5.74, 6) is 0. The number of isothiocyanates is 1. The lowest BCUT2D eigenvalue weighted by Crippen LogP contribution is -2.29. The molecule has 110 valence electrons. The molecule has 1 atom stereocenters. The number of hydrogen-bond acceptors (Lipinski definition) is 3. The monoisotopic (exact) mass is 459 g/mol. The molecule has 3 nitrogen and oxygen atoms in total. The molecule has 1 aromatic carbocycles. The van der Waals surface area contributed by atoms with Gasteiger partial charge in [0.2, 0.25) is 0 Å². The first kappa shape index (κ1) is 16.5. The zero-order valence-corrected chi connectivity index (χ0v) is 18.2. The Bertz CT molecular complexity index is 502. The second-order valence-electron chi connectivity index (χ2n) is 3.65. The fourth-order valence-electron chi connectivity index (χ4n) is 1.23. The minimum absolute atomic E-state index is 0.659. The van der Waals surface area contributed by atoms with E-state index < -0.39 is 6.11 Å². The number of anilines is 1. The van der Waals surface area contributed by atoms with Crippen LogP contribution in [-0.2, 0) is 0 Å². The smallest absolute Gasteiger partial charge is 0.276 e. The molecule has 0 aliphatic rings. The Morgan fingerprint density at radius 2 is 2.25 bits per heavy atom. The predicted molar refractivity (Wildman–Crippen MR) is 114 cm³/mol. The van der Waals surface area contributed by atoms with Crippen LogP contribution in [0.25, 0.3) is 0 Å². The van der Waals surface area contributed by atoms with Gasteiger partial charge in [0.25, 0.3) is 2.56 Å². The minimum atomic E-state index is -1.92. The average molecular weight is 459 g/mol. The van der Waals surface area contributed by atoms with Crippen molar-refractivity contribution in [2.75, 3.05) is 18.5 Å². The van der Waals surface area contributed by atoms with Crippen LogP contribution in [0.15, 0.2) is 29.3 Å². The summed E-state index contributed by atoms with van der Waals surface area (Å²) >= 11 is 11.5. The molecule has 1 rings (SSSR count). The van der Waals surface area contributed by atoms with Crippen molar-refractivity contribution >= 4 is 84.5 Å². The molecule has 0 saturated carbocycles. The third-order valence-corrected chi connectivity index (χ3v) is 3.16. The topological polar surface area (TPSA) is 36.4 Å². The van der Waals surface area contributed by atoms with Crippen molar-refractivity contribution in [3.05, 3.63) is 24.3 Å². The average Bonchev–Trinajstić information content (AvgIpc) is 2.40. The SMILES string of the molecule is [2H][P+]([3H])(C)I.[SiH3]CCCNC(=S)Nc1ccc(N=C=S)cc1. The van der Waals surface area contributed by atoms with Crippen molar-refractivity contribution < 1.29 is 0 Å². The van der Waals surface area contributed by atoms with Gasteiger partial charge in [-0.25, -0.2) is 0 Å². The summed E-state index contributed by atoms with van der Waals surface area (Å²) in [6.07, 6.45) is -0.742. The van der Waals surface area contributed by atoms with Gasteiger partial charge in [0.05, 0.1) is 17.5 Å². The maximum atomic E-state index is 6.70. The quantitative estimate of drug-likeness (QED) is 0.177. The van der Waals surface area contributed by atoms with Crippen molar-refractivity contribution in [2.45, 2.75) is 12.5 Å². The van der Waals surface area contributed by atoms with Crippen molar-refractivity contribution in [2.24, 2.45) is 4.99 Å². The van der Waals surface area contributed by atoms with Crippen LogP contribution in [0.1, 0.15) is 6.42 Å². The molecule has 0 aliphatic carbocycles. The minimum Gasteiger partial charge on any atom is -0.362 e. The number of halogens is 1. The van der Waals surface area contributed by atoms with E-state index in [1.807, 2.05) is 46.3 Å². The molecular formula is C12H20IN3PS2Si+. The van der Waals surface area contributed by atoms with Gasteiger partial charge in [0.15, 0.2) is 5.11 Å². The van der Waals surface area contributed by atoms with Crippen LogP contribution in [0.5, 0.6) is 0 Å². The highest BCUT2D eigenvalue weighted by Crippen LogP contribution is 2.15. The second-order valence-corrected chi connectivity index (χ2v) is 8.48. The summed E-state index contributed by atoms with van der Waals surface area (Å²) in [7, 11) is 1.25. The highest BCUT2D eigenvalue weighted by atomic mass is 127. The molecule has 0 aliphatic heterocycles. The van der Waals surface area contributed by atoms with Crippen LogP contribution < -0.4 is 10.6 Å². The van der Waals surface area contributed by atoms with E-state index in [-0.39, 0.29) is 0 Å². The van der Waals surface area contributed by atoms with E-state index in [1.165, 1.54) is 22.7 Å². The molecule has 0 fully saturated rings. The Morgan fingerprint density at radius 1 is 1.65 bits per heavy atom. The molecule has 20 heavy (non-hydrogen) atoms. The number of rotatable bonds is 5. The summed E-state index contributed by atoms with van der Waals surface area (Å²) < 4.78 is 13.4. The summed E-state index contributed by atoms with van der Waals surface area (Å²) in [5, 5.41) is 9.27. The summed E-state index contributed by atoms with van der Waals surface area (Å²) in [6, 6.07) is 8.84. The van der Waals surface area contributed by atoms with Gasteiger partial charge in [-0.05, 0) is 55.1 Å². The van der Waals surface area contributed by atoms with Crippen LogP contribution >= 0.6 is 52.6 Å². The summed E-state index contributed by atoms with van der Waals surface area (Å²) in [5.41, 5.74) is 1.73. The van der Waals surface area contributed by atoms with Gasteiger partial charge in [-0.1, -0.05) is 6.04 Å². The molecule has 1 unspecified atom stereocenters. The number of aliphatic imine (C=N–C) groups is 1. The number of nitrogens with one attached hydrogen (secondary N) is 2. The highest BCUT2D eigenvalue weighted by molar-refractivity contribution is 14.2. The van der Waals surface area contributed by atoms with Crippen LogP contribution in [0, 0.1) is 0 Å². The number of thiocarbonyl (C=S) groups is 2. The largest absolute Gasteiger partial charge is 0.362 e. The standard InChI is InChI=1S/C11H15N3S2Si.CH4IP/c15-8-13-9-2-4-10(5-3-9)14-11(16)12-6-1-7-17;1-3-2/h2-5H,1,6-7H2,17H3,(H2,12,14,16);3H,1H3/p+1/i;3T/hD. The summed E-state index contributed by atoms with van der Waals surface area (Å²) in [4.78, 5) is 3.88. The maximum absolute atomic E-state index is 6.70. The normalized spacial score (nSPS) is 13.5. The third-order valence-electron chi connectivity index (χ3n) is 2.12. The van der Waals surface area contributed by atoms with E-state index in [9.17, 15) is 0 Å². The van der Waals surface area contributed by atoms with Gasteiger partial charge >= 0.3 is 0 Å². The molecule has 0 aromatic heterocycles. The van der Waals surface area contributed by atoms with Crippen molar-refractivity contribution in [3.63, 3.8) is 0 Å². The highest BCUT2D eigenvalue weighted by Gasteiger charge is 1.96. The molecule has 0 saturated heterocycles. The van der Waals surface area contributed by atoms with Gasteiger partial charge in [-0.15, -0.1) is 0 Å². The van der Waals surface area contributed by atoms with Crippen molar-refractivity contribution in [1.29, 1.82) is 2.56 Å². The van der Waals surface area contributed by atoms with Gasteiger partial charge in [0, 0.05) is 28.6 Å². The molecule has 0 heterocycles. The fourth-order valence-corrected chi connectivity index (χ4v) is 1.90. The Kier molecular flexibility index (Phi) is 11.6. The number of hydrogen-bond donors (Lipinski definition) is 2. The lowest BCUT2D eigenvalue weighted by Gasteiger charge is -2.09. The number of nitrogens with zero attached hydrogens (tertiary/aromatic N) is 1. The van der Waals surface area contributed by atoms with E-state index >= 15 is 0 Å². The molecule has 1 aromatic rings. The molecular weight excluding hydrogens is 436 g/mol. The molecule has 0 spiro atoms. The number of benzene rings is 1. The van der Waals surface area contributed by atoms with Crippen LogP contribution in [0.3, 0.4) is 0 Å². The van der Waals surface area contributed by atoms with E-state index in [2.05, 4.69) is 33.0 Å². The predicted octanol–water partition coefficient (Wildman–Crippen LogP) is 3.26. The Hall–Kier alpha value is 0.0869. The lowest BCUT2D eigenvalue weighted by molar-refractivity contribution is 0.845. The lowest BCUT2D eigenvalue weighted by atomic mass is 10.3.